The van der Waals surface area contributed by atoms with Crippen molar-refractivity contribution in [2.24, 2.45) is 0 Å². The highest BCUT2D eigenvalue weighted by molar-refractivity contribution is 7.98. The third-order valence-corrected chi connectivity index (χ3v) is 6.21. The SMILES string of the molecule is CSc1nc2c(N)c(Nc3ccc(Oc4ccncc4)cc3)nn2c(-c2ccccc2Cl)c1C#N. The van der Waals surface area contributed by atoms with Gasteiger partial charge in [-0.05, 0) is 48.7 Å². The molecule has 0 atom stereocenters. The van der Waals surface area contributed by atoms with Crippen molar-refractivity contribution in [3.63, 3.8) is 0 Å². The Hall–Kier alpha value is -4.26. The summed E-state index contributed by atoms with van der Waals surface area (Å²) in [5.41, 5.74) is 9.58. The maximum atomic E-state index is 9.94. The van der Waals surface area contributed by atoms with Gasteiger partial charge in [0.15, 0.2) is 11.5 Å². The molecule has 0 radical (unpaired) electrons. The van der Waals surface area contributed by atoms with Crippen molar-refractivity contribution in [2.45, 2.75) is 5.03 Å². The predicted molar refractivity (Wildman–Crippen MR) is 138 cm³/mol. The normalized spacial score (nSPS) is 10.8. The lowest BCUT2D eigenvalue weighted by Gasteiger charge is -2.11. The molecule has 0 saturated heterocycles. The zero-order chi connectivity index (χ0) is 24.4. The number of nitrogens with zero attached hydrogens (tertiary/aromatic N) is 5. The van der Waals surface area contributed by atoms with Crippen LogP contribution in [0, 0.1) is 11.3 Å². The van der Waals surface area contributed by atoms with Crippen LogP contribution in [0.3, 0.4) is 0 Å². The van der Waals surface area contributed by atoms with Gasteiger partial charge >= 0.3 is 0 Å². The Morgan fingerprint density at radius 1 is 1.06 bits per heavy atom. The average Bonchev–Trinajstić information content (AvgIpc) is 3.19. The molecule has 5 rings (SSSR count). The molecule has 5 aromatic rings. The summed E-state index contributed by atoms with van der Waals surface area (Å²) in [6.45, 7) is 0. The van der Waals surface area contributed by atoms with Crippen LogP contribution in [0.15, 0.2) is 78.1 Å². The standard InChI is InChI=1S/C25H18ClN7OS/c1-35-25-19(14-27)22(18-4-2-3-5-20(18)26)33-24(31-25)21(28)23(32-33)30-15-6-8-16(9-7-15)34-17-10-12-29-13-11-17/h2-13H,28H2,1H3,(H,30,32). The van der Waals surface area contributed by atoms with Gasteiger partial charge in [0, 0.05) is 23.6 Å². The summed E-state index contributed by atoms with van der Waals surface area (Å²) in [5.74, 6) is 1.78. The Balaban J connectivity index is 1.55. The number of thioether (sulfide) groups is 1. The minimum atomic E-state index is 0.357. The Labute approximate surface area is 210 Å². The van der Waals surface area contributed by atoms with Crippen molar-refractivity contribution in [1.82, 2.24) is 19.6 Å². The first-order valence-electron chi connectivity index (χ1n) is 10.4. The molecule has 10 heteroatoms. The van der Waals surface area contributed by atoms with E-state index in [0.29, 0.717) is 55.5 Å². The lowest BCUT2D eigenvalue weighted by Crippen LogP contribution is -2.03. The molecular weight excluding hydrogens is 482 g/mol. The Bertz CT molecular complexity index is 1560. The lowest BCUT2D eigenvalue weighted by molar-refractivity contribution is 0.482. The molecule has 0 spiro atoms. The van der Waals surface area contributed by atoms with E-state index in [-0.39, 0.29) is 0 Å². The Morgan fingerprint density at radius 3 is 2.46 bits per heavy atom. The summed E-state index contributed by atoms with van der Waals surface area (Å²) < 4.78 is 7.38. The van der Waals surface area contributed by atoms with Crippen LogP contribution in [0.2, 0.25) is 5.02 Å². The fourth-order valence-electron chi connectivity index (χ4n) is 3.57. The predicted octanol–water partition coefficient (Wildman–Crippen LogP) is 6.16. The molecular formula is C25H18ClN7OS. The molecule has 35 heavy (non-hydrogen) atoms. The summed E-state index contributed by atoms with van der Waals surface area (Å²) in [6, 6.07) is 20.5. The number of rotatable bonds is 6. The molecule has 0 amide bonds. The second-order valence-electron chi connectivity index (χ2n) is 7.37. The smallest absolute Gasteiger partial charge is 0.182 e. The van der Waals surface area contributed by atoms with E-state index in [1.54, 1.807) is 35.1 Å². The number of fused-ring (bicyclic) bond motifs is 1. The van der Waals surface area contributed by atoms with E-state index in [9.17, 15) is 5.26 Å². The molecule has 0 saturated carbocycles. The minimum absolute atomic E-state index is 0.357. The zero-order valence-electron chi connectivity index (χ0n) is 18.4. The molecule has 0 aliphatic carbocycles. The second kappa shape index (κ2) is 9.54. The van der Waals surface area contributed by atoms with E-state index in [0.717, 1.165) is 5.69 Å². The van der Waals surface area contributed by atoms with E-state index in [1.165, 1.54) is 11.8 Å². The van der Waals surface area contributed by atoms with Crippen molar-refractivity contribution in [3.8, 4) is 28.8 Å². The van der Waals surface area contributed by atoms with E-state index in [2.05, 4.69) is 26.5 Å². The highest BCUT2D eigenvalue weighted by Crippen LogP contribution is 2.37. The number of nitrogens with two attached hydrogens (primary N) is 1. The van der Waals surface area contributed by atoms with Crippen LogP contribution < -0.4 is 15.8 Å². The van der Waals surface area contributed by atoms with Gasteiger partial charge < -0.3 is 15.8 Å². The highest BCUT2D eigenvalue weighted by atomic mass is 35.5. The summed E-state index contributed by atoms with van der Waals surface area (Å²) in [5, 5.41) is 18.9. The van der Waals surface area contributed by atoms with Gasteiger partial charge in [-0.1, -0.05) is 29.8 Å². The monoisotopic (exact) mass is 499 g/mol. The molecule has 0 aliphatic heterocycles. The molecule has 8 nitrogen and oxygen atoms in total. The van der Waals surface area contributed by atoms with Gasteiger partial charge in [0.1, 0.15) is 33.8 Å². The van der Waals surface area contributed by atoms with E-state index < -0.39 is 0 Å². The quantitative estimate of drug-likeness (QED) is 0.211. The summed E-state index contributed by atoms with van der Waals surface area (Å²) in [4.78, 5) is 8.59. The number of nitriles is 1. The van der Waals surface area contributed by atoms with Gasteiger partial charge in [-0.2, -0.15) is 5.26 Å². The maximum absolute atomic E-state index is 9.94. The first kappa shape index (κ1) is 22.5. The van der Waals surface area contributed by atoms with Crippen LogP contribution in [0.5, 0.6) is 11.5 Å². The number of benzene rings is 2. The van der Waals surface area contributed by atoms with E-state index in [4.69, 9.17) is 22.1 Å². The largest absolute Gasteiger partial charge is 0.457 e. The van der Waals surface area contributed by atoms with Gasteiger partial charge in [0.25, 0.3) is 0 Å². The molecule has 2 aromatic carbocycles. The molecule has 0 aliphatic rings. The van der Waals surface area contributed by atoms with Gasteiger partial charge in [-0.15, -0.1) is 16.9 Å². The van der Waals surface area contributed by atoms with E-state index in [1.807, 2.05) is 48.7 Å². The summed E-state index contributed by atoms with van der Waals surface area (Å²) >= 11 is 7.86. The van der Waals surface area contributed by atoms with Crippen molar-refractivity contribution in [2.75, 3.05) is 17.3 Å². The molecule has 0 unspecified atom stereocenters. The summed E-state index contributed by atoms with van der Waals surface area (Å²) in [7, 11) is 0. The minimum Gasteiger partial charge on any atom is -0.457 e. The number of ether oxygens (including phenoxy) is 1. The number of hydrogen-bond donors (Lipinski definition) is 2. The third kappa shape index (κ3) is 4.33. The van der Waals surface area contributed by atoms with Gasteiger partial charge in [0.05, 0.1) is 10.7 Å². The fourth-order valence-corrected chi connectivity index (χ4v) is 4.32. The van der Waals surface area contributed by atoms with Gasteiger partial charge in [0.2, 0.25) is 0 Å². The number of aromatic nitrogens is 4. The number of anilines is 3. The van der Waals surface area contributed by atoms with Crippen LogP contribution in [-0.2, 0) is 0 Å². The van der Waals surface area contributed by atoms with Crippen LogP contribution >= 0.6 is 23.4 Å². The number of hydrogen-bond acceptors (Lipinski definition) is 8. The number of halogens is 1. The van der Waals surface area contributed by atoms with E-state index >= 15 is 0 Å². The van der Waals surface area contributed by atoms with Crippen LogP contribution in [-0.4, -0.2) is 25.8 Å². The number of nitrogen functional groups attached to an aromatic ring is 1. The van der Waals surface area contributed by atoms with Crippen LogP contribution in [0.1, 0.15) is 5.56 Å². The number of nitrogens with one attached hydrogen (secondary N) is 1. The maximum Gasteiger partial charge on any atom is 0.182 e. The topological polar surface area (TPSA) is 114 Å². The summed E-state index contributed by atoms with van der Waals surface area (Å²) in [6.07, 6.45) is 5.20. The fraction of sp³-hybridized carbons (Fsp3) is 0.0400. The average molecular weight is 500 g/mol. The van der Waals surface area contributed by atoms with Crippen molar-refractivity contribution in [3.05, 3.63) is 83.6 Å². The molecule has 3 aromatic heterocycles. The van der Waals surface area contributed by atoms with Gasteiger partial charge in [-0.25, -0.2) is 9.50 Å². The van der Waals surface area contributed by atoms with Crippen molar-refractivity contribution >= 4 is 46.2 Å². The second-order valence-corrected chi connectivity index (χ2v) is 8.57. The molecule has 0 bridgehead atoms. The Kier molecular flexibility index (Phi) is 6.14. The molecule has 3 heterocycles. The lowest BCUT2D eigenvalue weighted by atomic mass is 10.1. The first-order valence-corrected chi connectivity index (χ1v) is 12.1. The molecule has 172 valence electrons. The van der Waals surface area contributed by atoms with Crippen molar-refractivity contribution in [1.29, 1.82) is 5.26 Å². The molecule has 3 N–H and O–H groups in total. The van der Waals surface area contributed by atoms with Crippen LogP contribution in [0.4, 0.5) is 17.2 Å². The molecule has 0 fully saturated rings. The van der Waals surface area contributed by atoms with Crippen LogP contribution in [0.25, 0.3) is 16.9 Å². The third-order valence-electron chi connectivity index (χ3n) is 5.20. The number of pyridine rings is 1. The zero-order valence-corrected chi connectivity index (χ0v) is 20.0. The van der Waals surface area contributed by atoms with Crippen molar-refractivity contribution < 1.29 is 4.74 Å². The Morgan fingerprint density at radius 2 is 1.77 bits per heavy atom. The first-order chi connectivity index (χ1) is 17.1. The highest BCUT2D eigenvalue weighted by Gasteiger charge is 2.23. The van der Waals surface area contributed by atoms with Gasteiger partial charge in [-0.3, -0.25) is 4.98 Å².